The molecule has 0 saturated heterocycles. The fourth-order valence-electron chi connectivity index (χ4n) is 2.36. The van der Waals surface area contributed by atoms with E-state index in [1.165, 1.54) is 0 Å². The number of benzene rings is 2. The first kappa shape index (κ1) is 13.0. The van der Waals surface area contributed by atoms with Gasteiger partial charge in [-0.15, -0.1) is 0 Å². The van der Waals surface area contributed by atoms with Gasteiger partial charge < -0.3 is 14.4 Å². The minimum atomic E-state index is -0.899. The number of ether oxygens (including phenoxy) is 1. The van der Waals surface area contributed by atoms with Crippen LogP contribution in [0.2, 0.25) is 0 Å². The molecule has 0 aliphatic carbocycles. The molecular weight excluding hydrogens is 354 g/mol. The average Bonchev–Trinajstić information content (AvgIpc) is 2.78. The summed E-state index contributed by atoms with van der Waals surface area (Å²) in [5, 5.41) is 10.1. The number of halogens is 1. The maximum absolute atomic E-state index is 10.1. The van der Waals surface area contributed by atoms with Crippen LogP contribution in [0.15, 0.2) is 42.5 Å². The molecule has 1 atom stereocenters. The number of hydrogen-bond acceptors (Lipinski definition) is 3. The van der Waals surface area contributed by atoms with E-state index in [0.29, 0.717) is 0 Å². The van der Waals surface area contributed by atoms with Crippen molar-refractivity contribution in [2.75, 3.05) is 7.11 Å². The van der Waals surface area contributed by atoms with Gasteiger partial charge in [0.15, 0.2) is 0 Å². The lowest BCUT2D eigenvalue weighted by molar-refractivity contribution is 0.226. The Morgan fingerprint density at radius 1 is 1.26 bits per heavy atom. The molecule has 5 heteroatoms. The minimum absolute atomic E-state index is 0.219. The summed E-state index contributed by atoms with van der Waals surface area (Å²) < 4.78 is 12.0. The van der Waals surface area contributed by atoms with E-state index in [2.05, 4.69) is 22.6 Å². The summed E-state index contributed by atoms with van der Waals surface area (Å²) in [4.78, 5) is 0. The summed E-state index contributed by atoms with van der Waals surface area (Å²) >= 11 is 2.26. The molecule has 2 aromatic rings. The summed E-state index contributed by atoms with van der Waals surface area (Å²) in [7, 11) is 0.720. The van der Waals surface area contributed by atoms with Gasteiger partial charge in [0.1, 0.15) is 5.75 Å². The van der Waals surface area contributed by atoms with Crippen molar-refractivity contribution in [2.45, 2.75) is 6.10 Å². The highest BCUT2D eigenvalue weighted by atomic mass is 127. The zero-order chi connectivity index (χ0) is 13.4. The van der Waals surface area contributed by atoms with Crippen LogP contribution in [0.4, 0.5) is 0 Å². The molecule has 0 saturated carbocycles. The van der Waals surface area contributed by atoms with Crippen LogP contribution in [-0.2, 0) is 4.65 Å². The van der Waals surface area contributed by atoms with Gasteiger partial charge in [0.2, 0.25) is 0 Å². The topological polar surface area (TPSA) is 38.7 Å². The van der Waals surface area contributed by atoms with Crippen molar-refractivity contribution in [3.8, 4) is 5.75 Å². The zero-order valence-corrected chi connectivity index (χ0v) is 12.5. The predicted molar refractivity (Wildman–Crippen MR) is 82.7 cm³/mol. The van der Waals surface area contributed by atoms with E-state index in [1.807, 2.05) is 42.5 Å². The average molecular weight is 366 g/mol. The largest absolute Gasteiger partial charge is 0.497 e. The molecule has 3 nitrogen and oxygen atoms in total. The second-order valence-electron chi connectivity index (χ2n) is 4.39. The Kier molecular flexibility index (Phi) is 3.51. The zero-order valence-electron chi connectivity index (χ0n) is 10.3. The molecule has 96 valence electrons. The molecule has 3 rings (SSSR count). The van der Waals surface area contributed by atoms with E-state index in [1.54, 1.807) is 7.11 Å². The van der Waals surface area contributed by atoms with Gasteiger partial charge in [-0.2, -0.15) is 0 Å². The fraction of sp³-hybridized carbons (Fsp3) is 0.143. The third kappa shape index (κ3) is 2.26. The Labute approximate surface area is 125 Å². The summed E-state index contributed by atoms with van der Waals surface area (Å²) in [6.45, 7) is 0. The van der Waals surface area contributed by atoms with Crippen molar-refractivity contribution < 1.29 is 14.4 Å². The number of fused-ring (bicyclic) bond motifs is 1. The van der Waals surface area contributed by atoms with Gasteiger partial charge in [-0.25, -0.2) is 0 Å². The highest BCUT2D eigenvalue weighted by Gasteiger charge is 2.37. The molecule has 1 N–H and O–H groups in total. The van der Waals surface area contributed by atoms with Gasteiger partial charge in [0, 0.05) is 3.57 Å². The number of rotatable bonds is 2. The molecule has 1 heterocycles. The second-order valence-corrected chi connectivity index (χ2v) is 5.55. The molecule has 1 aliphatic rings. The third-order valence-corrected chi connectivity index (χ3v) is 4.16. The Morgan fingerprint density at radius 3 is 2.68 bits per heavy atom. The standard InChI is InChI=1S/C14H12BIO3/c1-18-10-7-11-13(12(16)8-10)14(19-15(11)17)9-5-3-2-4-6-9/h2-8,14,17H,1H3. The summed E-state index contributed by atoms with van der Waals surface area (Å²) in [5.41, 5.74) is 2.86. The molecule has 2 aromatic carbocycles. The first-order valence-corrected chi connectivity index (χ1v) is 7.04. The van der Waals surface area contributed by atoms with Crippen LogP contribution in [0, 0.1) is 3.57 Å². The normalized spacial score (nSPS) is 17.4. The van der Waals surface area contributed by atoms with Crippen molar-refractivity contribution in [1.82, 2.24) is 0 Å². The second kappa shape index (κ2) is 5.15. The van der Waals surface area contributed by atoms with Gasteiger partial charge in [-0.1, -0.05) is 30.3 Å². The van der Waals surface area contributed by atoms with E-state index < -0.39 is 7.12 Å². The van der Waals surface area contributed by atoms with Crippen LogP contribution in [0.3, 0.4) is 0 Å². The molecule has 0 radical (unpaired) electrons. The lowest BCUT2D eigenvalue weighted by atomic mass is 9.79. The number of hydrogen-bond donors (Lipinski definition) is 1. The molecular formula is C14H12BIO3. The Balaban J connectivity index is 2.12. The van der Waals surface area contributed by atoms with Crippen LogP contribution >= 0.6 is 22.6 Å². The van der Waals surface area contributed by atoms with Crippen molar-refractivity contribution in [1.29, 1.82) is 0 Å². The van der Waals surface area contributed by atoms with E-state index in [4.69, 9.17) is 9.39 Å². The number of methoxy groups -OCH3 is 1. The SMILES string of the molecule is COc1cc(I)c2c(c1)B(O)OC2c1ccccc1. The fourth-order valence-corrected chi connectivity index (χ4v) is 3.26. The Morgan fingerprint density at radius 2 is 2.00 bits per heavy atom. The summed E-state index contributed by atoms with van der Waals surface area (Å²) in [6, 6.07) is 13.7. The molecule has 0 fully saturated rings. The molecule has 1 aliphatic heterocycles. The van der Waals surface area contributed by atoms with Crippen LogP contribution in [0.5, 0.6) is 5.75 Å². The quantitative estimate of drug-likeness (QED) is 0.654. The lowest BCUT2D eigenvalue weighted by Gasteiger charge is -2.14. The first-order valence-electron chi connectivity index (χ1n) is 5.96. The molecule has 0 amide bonds. The molecule has 0 aromatic heterocycles. The van der Waals surface area contributed by atoms with E-state index in [0.717, 1.165) is 25.9 Å². The van der Waals surface area contributed by atoms with E-state index in [9.17, 15) is 5.02 Å². The van der Waals surface area contributed by atoms with E-state index >= 15 is 0 Å². The van der Waals surface area contributed by atoms with Crippen LogP contribution in [0.1, 0.15) is 17.2 Å². The molecule has 0 bridgehead atoms. The maximum atomic E-state index is 10.1. The minimum Gasteiger partial charge on any atom is -0.497 e. The first-order chi connectivity index (χ1) is 9.20. The molecule has 19 heavy (non-hydrogen) atoms. The van der Waals surface area contributed by atoms with Gasteiger partial charge in [-0.05, 0) is 51.3 Å². The lowest BCUT2D eigenvalue weighted by Crippen LogP contribution is -2.28. The van der Waals surface area contributed by atoms with Crippen molar-refractivity contribution in [3.63, 3.8) is 0 Å². The van der Waals surface area contributed by atoms with Crippen LogP contribution in [0.25, 0.3) is 0 Å². The molecule has 1 unspecified atom stereocenters. The van der Waals surface area contributed by atoms with Gasteiger partial charge in [0.25, 0.3) is 0 Å². The van der Waals surface area contributed by atoms with Crippen LogP contribution in [-0.4, -0.2) is 19.3 Å². The maximum Gasteiger partial charge on any atom is 0.492 e. The Bertz CT molecular complexity index is 603. The molecule has 0 spiro atoms. The van der Waals surface area contributed by atoms with Crippen LogP contribution < -0.4 is 10.2 Å². The van der Waals surface area contributed by atoms with Gasteiger partial charge in [0.05, 0.1) is 13.2 Å². The van der Waals surface area contributed by atoms with E-state index in [-0.39, 0.29) is 6.10 Å². The van der Waals surface area contributed by atoms with Crippen molar-refractivity contribution in [2.24, 2.45) is 0 Å². The highest BCUT2D eigenvalue weighted by Crippen LogP contribution is 2.35. The predicted octanol–water partition coefficient (Wildman–Crippen LogP) is 2.11. The Hall–Kier alpha value is -1.05. The van der Waals surface area contributed by atoms with Gasteiger partial charge >= 0.3 is 7.12 Å². The highest BCUT2D eigenvalue weighted by molar-refractivity contribution is 14.1. The summed E-state index contributed by atoms with van der Waals surface area (Å²) in [6.07, 6.45) is -0.219. The third-order valence-electron chi connectivity index (χ3n) is 3.27. The summed E-state index contributed by atoms with van der Waals surface area (Å²) in [5.74, 6) is 0.736. The smallest absolute Gasteiger partial charge is 0.492 e. The van der Waals surface area contributed by atoms with Crippen molar-refractivity contribution >= 4 is 35.2 Å². The monoisotopic (exact) mass is 366 g/mol. The van der Waals surface area contributed by atoms with Crippen molar-refractivity contribution in [3.05, 3.63) is 57.2 Å². The van der Waals surface area contributed by atoms with Gasteiger partial charge in [-0.3, -0.25) is 0 Å².